The number of carbonyl (C=O) groups is 4. The highest BCUT2D eigenvalue weighted by atomic mass is 16.4. The molecule has 1 unspecified atom stereocenters. The normalized spacial score (nSPS) is 24.1. The molecule has 4 aliphatic heterocycles. The van der Waals surface area contributed by atoms with Gasteiger partial charge in [-0.3, -0.25) is 29.4 Å². The lowest BCUT2D eigenvalue weighted by Gasteiger charge is -2.45. The molecule has 3 atom stereocenters. The van der Waals surface area contributed by atoms with Crippen molar-refractivity contribution in [3.63, 3.8) is 0 Å². The molecule has 0 radical (unpaired) electrons. The van der Waals surface area contributed by atoms with Gasteiger partial charge in [0.1, 0.15) is 6.04 Å². The van der Waals surface area contributed by atoms with Crippen LogP contribution in [0, 0.1) is 11.8 Å². The van der Waals surface area contributed by atoms with Crippen LogP contribution < -0.4 is 10.6 Å². The number of carboxylic acid groups (broad SMARTS) is 1. The molecule has 2 bridgehead atoms. The Morgan fingerprint density at radius 2 is 1.61 bits per heavy atom. The second kappa shape index (κ2) is 10.8. The van der Waals surface area contributed by atoms with E-state index in [0.29, 0.717) is 23.5 Å². The number of benzene rings is 2. The molecular weight excluding hydrogens is 484 g/mol. The van der Waals surface area contributed by atoms with Crippen molar-refractivity contribution in [3.8, 4) is 0 Å². The molecule has 0 spiro atoms. The van der Waals surface area contributed by atoms with Crippen molar-refractivity contribution < 1.29 is 24.3 Å². The van der Waals surface area contributed by atoms with Gasteiger partial charge >= 0.3 is 5.97 Å². The minimum atomic E-state index is -1.11. The van der Waals surface area contributed by atoms with Gasteiger partial charge in [0, 0.05) is 19.1 Å². The molecule has 3 saturated heterocycles. The van der Waals surface area contributed by atoms with Gasteiger partial charge in [0.2, 0.25) is 5.91 Å². The van der Waals surface area contributed by atoms with Gasteiger partial charge in [-0.05, 0) is 73.5 Å². The fourth-order valence-corrected chi connectivity index (χ4v) is 6.09. The zero-order valence-electron chi connectivity index (χ0n) is 22.0. The molecule has 9 heteroatoms. The minimum Gasteiger partial charge on any atom is -0.480 e. The summed E-state index contributed by atoms with van der Waals surface area (Å²) < 4.78 is 0. The topological polar surface area (TPSA) is 119 Å². The van der Waals surface area contributed by atoms with Crippen LogP contribution in [0.2, 0.25) is 0 Å². The predicted molar refractivity (Wildman–Crippen MR) is 143 cm³/mol. The number of fused-ring (bicyclic) bond motifs is 5. The van der Waals surface area contributed by atoms with Gasteiger partial charge in [0.15, 0.2) is 0 Å². The van der Waals surface area contributed by atoms with E-state index < -0.39 is 29.9 Å². The Hall–Kier alpha value is -3.30. The van der Waals surface area contributed by atoms with Crippen molar-refractivity contribution in [3.05, 3.63) is 47.5 Å². The minimum absolute atomic E-state index is 0.00201. The molecule has 3 fully saturated rings. The van der Waals surface area contributed by atoms with Crippen molar-refractivity contribution in [2.75, 3.05) is 26.2 Å². The zero-order chi connectivity index (χ0) is 27.0. The van der Waals surface area contributed by atoms with Crippen molar-refractivity contribution in [1.29, 1.82) is 0 Å². The lowest BCUT2D eigenvalue weighted by molar-refractivity contribution is -0.140. The van der Waals surface area contributed by atoms with Crippen LogP contribution in [-0.4, -0.2) is 82.9 Å². The number of hydrogen-bond donors (Lipinski definition) is 3. The van der Waals surface area contributed by atoms with Crippen LogP contribution in [0.3, 0.4) is 0 Å². The smallest absolute Gasteiger partial charge is 0.320 e. The molecule has 3 amide bonds. The maximum absolute atomic E-state index is 13.3. The first-order chi connectivity index (χ1) is 18.2. The van der Waals surface area contributed by atoms with Crippen LogP contribution in [0.1, 0.15) is 60.2 Å². The Labute approximate surface area is 222 Å². The van der Waals surface area contributed by atoms with E-state index in [4.69, 9.17) is 0 Å². The molecule has 0 aliphatic carbocycles. The number of carbonyl (C=O) groups excluding carboxylic acids is 3. The number of nitrogens with one attached hydrogen (secondary N) is 2. The number of hydrogen-bond acceptors (Lipinski definition) is 6. The summed E-state index contributed by atoms with van der Waals surface area (Å²) in [5, 5.41) is 17.9. The monoisotopic (exact) mass is 520 g/mol. The molecule has 6 rings (SSSR count). The van der Waals surface area contributed by atoms with E-state index in [-0.39, 0.29) is 30.8 Å². The van der Waals surface area contributed by atoms with E-state index in [1.165, 1.54) is 0 Å². The third-order valence-corrected chi connectivity index (χ3v) is 8.19. The second-order valence-electron chi connectivity index (χ2n) is 11.3. The third-order valence-electron chi connectivity index (χ3n) is 8.19. The van der Waals surface area contributed by atoms with Crippen LogP contribution in [0.15, 0.2) is 36.4 Å². The SMILES string of the molecule is CC(C)C[C@H](N[C@H](CCN1C(=O)c2cc3ccccc3cc2C1=O)C(=O)O)C(=O)NC1CN2CCC1CC2. The number of amides is 3. The summed E-state index contributed by atoms with van der Waals surface area (Å²) in [4.78, 5) is 55.1. The van der Waals surface area contributed by atoms with E-state index >= 15 is 0 Å². The molecule has 0 saturated carbocycles. The van der Waals surface area contributed by atoms with E-state index in [2.05, 4.69) is 15.5 Å². The number of piperidine rings is 3. The molecule has 2 aromatic carbocycles. The van der Waals surface area contributed by atoms with Gasteiger partial charge < -0.3 is 15.3 Å². The number of carboxylic acids is 1. The van der Waals surface area contributed by atoms with Gasteiger partial charge in [-0.15, -0.1) is 0 Å². The van der Waals surface area contributed by atoms with Crippen molar-refractivity contribution in [2.45, 2.75) is 57.7 Å². The van der Waals surface area contributed by atoms with Crippen molar-refractivity contribution in [1.82, 2.24) is 20.4 Å². The highest BCUT2D eigenvalue weighted by Gasteiger charge is 2.38. The highest BCUT2D eigenvalue weighted by molar-refractivity contribution is 6.23. The first-order valence-corrected chi connectivity index (χ1v) is 13.6. The maximum atomic E-state index is 13.3. The number of rotatable bonds is 10. The summed E-state index contributed by atoms with van der Waals surface area (Å²) in [6.45, 7) is 6.91. The first-order valence-electron chi connectivity index (χ1n) is 13.6. The Kier molecular flexibility index (Phi) is 7.49. The summed E-state index contributed by atoms with van der Waals surface area (Å²) in [5.41, 5.74) is 0.672. The number of aliphatic carboxylic acids is 1. The molecule has 38 heavy (non-hydrogen) atoms. The summed E-state index contributed by atoms with van der Waals surface area (Å²) in [6.07, 6.45) is 2.62. The summed E-state index contributed by atoms with van der Waals surface area (Å²) >= 11 is 0. The molecule has 3 N–H and O–H groups in total. The zero-order valence-corrected chi connectivity index (χ0v) is 22.0. The third kappa shape index (κ3) is 5.31. The number of nitrogens with zero attached hydrogens (tertiary/aromatic N) is 2. The molecule has 0 aromatic heterocycles. The Bertz CT molecular complexity index is 1200. The molecule has 4 aliphatic rings. The van der Waals surface area contributed by atoms with Gasteiger partial charge in [0.25, 0.3) is 11.8 Å². The summed E-state index contributed by atoms with van der Waals surface area (Å²) in [7, 11) is 0. The summed E-state index contributed by atoms with van der Waals surface area (Å²) in [6, 6.07) is 9.27. The lowest BCUT2D eigenvalue weighted by atomic mass is 9.84. The number of imide groups is 1. The van der Waals surface area contributed by atoms with Crippen molar-refractivity contribution in [2.24, 2.45) is 11.8 Å². The molecule has 4 heterocycles. The standard InChI is InChI=1S/C29H36N4O5/c1-17(2)13-24(26(34)31-25-16-32-10-7-18(25)8-11-32)30-23(29(37)38)9-12-33-27(35)21-14-19-5-3-4-6-20(19)15-22(21)28(33)36/h3-6,14-15,17-18,23-25,30H,7-13,16H2,1-2H3,(H,31,34)(H,37,38)/t23-,24+,25?/m1/s1. The van der Waals surface area contributed by atoms with Gasteiger partial charge in [-0.25, -0.2) is 0 Å². The highest BCUT2D eigenvalue weighted by Crippen LogP contribution is 2.29. The average molecular weight is 521 g/mol. The van der Waals surface area contributed by atoms with E-state index in [0.717, 1.165) is 48.1 Å². The fourth-order valence-electron chi connectivity index (χ4n) is 6.09. The largest absolute Gasteiger partial charge is 0.480 e. The maximum Gasteiger partial charge on any atom is 0.320 e. The Morgan fingerprint density at radius 1 is 1.00 bits per heavy atom. The summed E-state index contributed by atoms with van der Waals surface area (Å²) in [5.74, 6) is -1.50. The van der Waals surface area contributed by atoms with Crippen LogP contribution in [-0.2, 0) is 9.59 Å². The van der Waals surface area contributed by atoms with Crippen LogP contribution >= 0.6 is 0 Å². The molecule has 202 valence electrons. The van der Waals surface area contributed by atoms with Gasteiger partial charge in [-0.2, -0.15) is 0 Å². The molecule has 9 nitrogen and oxygen atoms in total. The van der Waals surface area contributed by atoms with Crippen molar-refractivity contribution >= 4 is 34.5 Å². The second-order valence-corrected chi connectivity index (χ2v) is 11.3. The van der Waals surface area contributed by atoms with Gasteiger partial charge in [-0.1, -0.05) is 38.1 Å². The first kappa shape index (κ1) is 26.3. The molecule has 2 aromatic rings. The van der Waals surface area contributed by atoms with E-state index in [1.807, 2.05) is 38.1 Å². The Morgan fingerprint density at radius 3 is 2.11 bits per heavy atom. The fraction of sp³-hybridized carbons (Fsp3) is 0.517. The Balaban J connectivity index is 1.25. The van der Waals surface area contributed by atoms with E-state index in [9.17, 15) is 24.3 Å². The van der Waals surface area contributed by atoms with Gasteiger partial charge in [0.05, 0.1) is 17.2 Å². The average Bonchev–Trinajstić information content (AvgIpc) is 3.13. The quantitative estimate of drug-likeness (QED) is 0.412. The van der Waals surface area contributed by atoms with Crippen LogP contribution in [0.5, 0.6) is 0 Å². The van der Waals surface area contributed by atoms with Crippen LogP contribution in [0.4, 0.5) is 0 Å². The van der Waals surface area contributed by atoms with E-state index in [1.54, 1.807) is 12.1 Å². The molecular formula is C29H36N4O5. The van der Waals surface area contributed by atoms with Crippen LogP contribution in [0.25, 0.3) is 10.8 Å². The lowest BCUT2D eigenvalue weighted by Crippen LogP contribution is -2.60. The predicted octanol–water partition coefficient (Wildman–Crippen LogP) is 2.49.